The zero-order valence-electron chi connectivity index (χ0n) is 18.4. The zero-order chi connectivity index (χ0) is 19.8. The van der Waals surface area contributed by atoms with Crippen molar-refractivity contribution in [3.05, 3.63) is 34.9 Å². The Hall–Kier alpha value is -1.22. The van der Waals surface area contributed by atoms with Crippen LogP contribution in [-0.4, -0.2) is 13.9 Å². The Kier molecular flexibility index (Phi) is 5.81. The molecule has 2 atom stereocenters. The van der Waals surface area contributed by atoms with Gasteiger partial charge in [-0.2, -0.15) is 0 Å². The van der Waals surface area contributed by atoms with E-state index >= 15 is 0 Å². The Morgan fingerprint density at radius 3 is 2.59 bits per heavy atom. The highest BCUT2D eigenvalue weighted by atomic mass is 28.4. The van der Waals surface area contributed by atoms with E-state index in [0.29, 0.717) is 11.8 Å². The van der Waals surface area contributed by atoms with Gasteiger partial charge in [-0.3, -0.25) is 0 Å². The van der Waals surface area contributed by atoms with E-state index < -0.39 is 8.32 Å². The van der Waals surface area contributed by atoms with E-state index in [4.69, 9.17) is 9.16 Å². The van der Waals surface area contributed by atoms with Crippen LogP contribution in [0.25, 0.3) is 0 Å². The van der Waals surface area contributed by atoms with Gasteiger partial charge >= 0.3 is 0 Å². The third kappa shape index (κ3) is 4.61. The van der Waals surface area contributed by atoms with Gasteiger partial charge in [0.15, 0.2) is 0 Å². The van der Waals surface area contributed by atoms with E-state index in [1.807, 2.05) is 0 Å². The zero-order valence-corrected chi connectivity index (χ0v) is 19.4. The predicted octanol–water partition coefficient (Wildman–Crippen LogP) is 7.24. The first-order chi connectivity index (χ1) is 12.6. The smallest absolute Gasteiger partial charge is 0.242 e. The molecule has 2 aliphatic rings. The second-order valence-corrected chi connectivity index (χ2v) is 14.5. The standard InChI is InChI=1S/C24H38O2Si/c1-8-9-10-11-18-15-21-23(22(16-18)26-27(5,6)7)19-14-17(2)12-13-20(19)24(3,4)25-21/h14-16,19-20H,8-13H2,1-7H3/t19-,20-/m0/s1. The van der Waals surface area contributed by atoms with E-state index in [2.05, 4.69) is 65.5 Å². The molecule has 2 nitrogen and oxygen atoms in total. The molecule has 0 unspecified atom stereocenters. The molecule has 150 valence electrons. The predicted molar refractivity (Wildman–Crippen MR) is 118 cm³/mol. The molecule has 0 amide bonds. The fraction of sp³-hybridized carbons (Fsp3) is 0.667. The molecule has 0 saturated heterocycles. The van der Waals surface area contributed by atoms with Crippen LogP contribution in [0, 0.1) is 5.92 Å². The number of benzene rings is 1. The summed E-state index contributed by atoms with van der Waals surface area (Å²) in [7, 11) is -1.70. The molecule has 0 fully saturated rings. The van der Waals surface area contributed by atoms with Crippen molar-refractivity contribution in [1.29, 1.82) is 0 Å². The van der Waals surface area contributed by atoms with Gasteiger partial charge in [0.1, 0.15) is 17.1 Å². The molecule has 1 aliphatic carbocycles. The quantitative estimate of drug-likeness (QED) is 0.291. The highest BCUT2D eigenvalue weighted by molar-refractivity contribution is 6.70. The molecule has 0 spiro atoms. The number of aryl methyl sites for hydroxylation is 1. The molecule has 0 radical (unpaired) electrons. The van der Waals surface area contributed by atoms with Crippen LogP contribution in [0.4, 0.5) is 0 Å². The molecule has 3 heteroatoms. The minimum atomic E-state index is -1.70. The third-order valence-corrected chi connectivity index (χ3v) is 6.83. The van der Waals surface area contributed by atoms with Gasteiger partial charge < -0.3 is 9.16 Å². The minimum Gasteiger partial charge on any atom is -0.544 e. The van der Waals surface area contributed by atoms with Crippen LogP contribution in [0.15, 0.2) is 23.8 Å². The SMILES string of the molecule is CCCCCc1cc2c(c(O[Si](C)(C)C)c1)[C@H]1C=C(C)CC[C@@H]1C(C)(C)O2. The Bertz CT molecular complexity index is 712. The lowest BCUT2D eigenvalue weighted by Crippen LogP contribution is -2.45. The van der Waals surface area contributed by atoms with E-state index in [-0.39, 0.29) is 5.60 Å². The monoisotopic (exact) mass is 386 g/mol. The molecule has 0 aromatic heterocycles. The minimum absolute atomic E-state index is 0.132. The van der Waals surface area contributed by atoms with Crippen LogP contribution in [0.1, 0.15) is 76.8 Å². The van der Waals surface area contributed by atoms with Crippen LogP contribution in [0.5, 0.6) is 11.5 Å². The molecule has 1 aliphatic heterocycles. The molecular formula is C24H38O2Si. The summed E-state index contributed by atoms with van der Waals surface area (Å²) in [5.74, 6) is 3.08. The molecule has 0 saturated carbocycles. The lowest BCUT2D eigenvalue weighted by atomic mass is 9.68. The van der Waals surface area contributed by atoms with Gasteiger partial charge in [-0.25, -0.2) is 0 Å². The summed E-state index contributed by atoms with van der Waals surface area (Å²) in [4.78, 5) is 0. The highest BCUT2D eigenvalue weighted by Crippen LogP contribution is 2.54. The largest absolute Gasteiger partial charge is 0.544 e. The van der Waals surface area contributed by atoms with Gasteiger partial charge in [0.25, 0.3) is 0 Å². The molecular weight excluding hydrogens is 348 g/mol. The Morgan fingerprint density at radius 1 is 1.19 bits per heavy atom. The first kappa shape index (κ1) is 20.5. The number of fused-ring (bicyclic) bond motifs is 3. The molecule has 0 bridgehead atoms. The van der Waals surface area contributed by atoms with Crippen LogP contribution in [0.3, 0.4) is 0 Å². The maximum atomic E-state index is 6.63. The lowest BCUT2D eigenvalue weighted by molar-refractivity contribution is 0.0110. The summed E-state index contributed by atoms with van der Waals surface area (Å²) < 4.78 is 13.3. The Balaban J connectivity index is 2.09. The van der Waals surface area contributed by atoms with Crippen molar-refractivity contribution in [3.8, 4) is 11.5 Å². The third-order valence-electron chi connectivity index (χ3n) is 6.00. The first-order valence-corrected chi connectivity index (χ1v) is 14.2. The van der Waals surface area contributed by atoms with Crippen LogP contribution in [0.2, 0.25) is 19.6 Å². The van der Waals surface area contributed by atoms with Crippen LogP contribution >= 0.6 is 0 Å². The van der Waals surface area contributed by atoms with Gasteiger partial charge in [0.05, 0.1) is 0 Å². The molecule has 0 N–H and O–H groups in total. The maximum absolute atomic E-state index is 6.63. The Morgan fingerprint density at radius 2 is 1.93 bits per heavy atom. The normalized spacial score (nSPS) is 23.7. The van der Waals surface area contributed by atoms with E-state index in [9.17, 15) is 0 Å². The molecule has 1 heterocycles. The number of hydrogen-bond acceptors (Lipinski definition) is 2. The second-order valence-electron chi connectivity index (χ2n) is 10.1. The molecule has 1 aromatic rings. The lowest BCUT2D eigenvalue weighted by Gasteiger charge is -2.47. The summed E-state index contributed by atoms with van der Waals surface area (Å²) in [5, 5.41) is 0. The van der Waals surface area contributed by atoms with Crippen molar-refractivity contribution in [3.63, 3.8) is 0 Å². The van der Waals surface area contributed by atoms with Crippen molar-refractivity contribution in [1.82, 2.24) is 0 Å². The fourth-order valence-corrected chi connectivity index (χ4v) is 5.53. The average Bonchev–Trinajstić information content (AvgIpc) is 2.52. The van der Waals surface area contributed by atoms with E-state index in [0.717, 1.165) is 17.9 Å². The van der Waals surface area contributed by atoms with Crippen molar-refractivity contribution in [2.75, 3.05) is 0 Å². The topological polar surface area (TPSA) is 18.5 Å². The fourth-order valence-electron chi connectivity index (χ4n) is 4.70. The average molecular weight is 387 g/mol. The van der Waals surface area contributed by atoms with Crippen molar-refractivity contribution in [2.45, 2.75) is 97.4 Å². The molecule has 27 heavy (non-hydrogen) atoms. The van der Waals surface area contributed by atoms with Gasteiger partial charge in [0.2, 0.25) is 8.32 Å². The number of unbranched alkanes of at least 4 members (excludes halogenated alkanes) is 2. The van der Waals surface area contributed by atoms with Crippen molar-refractivity contribution >= 4 is 8.32 Å². The summed E-state index contributed by atoms with van der Waals surface area (Å²) >= 11 is 0. The van der Waals surface area contributed by atoms with E-state index in [1.54, 1.807) is 0 Å². The Labute approximate surface area is 167 Å². The number of allylic oxidation sites excluding steroid dienone is 2. The van der Waals surface area contributed by atoms with E-state index in [1.165, 1.54) is 48.8 Å². The summed E-state index contributed by atoms with van der Waals surface area (Å²) in [6.45, 7) is 15.9. The summed E-state index contributed by atoms with van der Waals surface area (Å²) in [6.07, 6.45) is 9.74. The van der Waals surface area contributed by atoms with Crippen LogP contribution in [-0.2, 0) is 6.42 Å². The van der Waals surface area contributed by atoms with Crippen molar-refractivity contribution in [2.24, 2.45) is 5.92 Å². The maximum Gasteiger partial charge on any atom is 0.242 e. The molecule has 1 aromatic carbocycles. The summed E-state index contributed by atoms with van der Waals surface area (Å²) in [6, 6.07) is 4.63. The second kappa shape index (κ2) is 7.65. The van der Waals surface area contributed by atoms with Gasteiger partial charge in [-0.1, -0.05) is 31.4 Å². The van der Waals surface area contributed by atoms with Gasteiger partial charge in [0, 0.05) is 17.4 Å². The first-order valence-electron chi connectivity index (χ1n) is 10.8. The van der Waals surface area contributed by atoms with Gasteiger partial charge in [-0.05, 0) is 83.8 Å². The molecule has 3 rings (SSSR count). The number of hydrogen-bond donors (Lipinski definition) is 0. The van der Waals surface area contributed by atoms with Crippen LogP contribution < -0.4 is 9.16 Å². The van der Waals surface area contributed by atoms with Crippen molar-refractivity contribution < 1.29 is 9.16 Å². The number of rotatable bonds is 6. The number of ether oxygens (including phenoxy) is 1. The van der Waals surface area contributed by atoms with Gasteiger partial charge in [-0.15, -0.1) is 0 Å². The summed E-state index contributed by atoms with van der Waals surface area (Å²) in [5.41, 5.74) is 4.04. The highest BCUT2D eigenvalue weighted by Gasteiger charge is 2.45.